The van der Waals surface area contributed by atoms with Gasteiger partial charge in [0.2, 0.25) is 9.84 Å². The zero-order valence-electron chi connectivity index (χ0n) is 21.0. The summed E-state index contributed by atoms with van der Waals surface area (Å²) in [5.41, 5.74) is 3.73. The first-order chi connectivity index (χ1) is 18.2. The molecule has 0 N–H and O–H groups in total. The van der Waals surface area contributed by atoms with Gasteiger partial charge in [0, 0.05) is 30.8 Å². The lowest BCUT2D eigenvalue weighted by Gasteiger charge is -2.43. The predicted octanol–water partition coefficient (Wildman–Crippen LogP) is 4.28. The van der Waals surface area contributed by atoms with Crippen LogP contribution in [0, 0.1) is 18.2 Å². The highest BCUT2D eigenvalue weighted by atomic mass is 32.2. The standard InChI is InChI=1S/C28H26FN5O3S/c1-18-9-11-30-24(13-18)27(35)28-15-19-10-12-34(22-6-4-21(29)5-7-22)25(19)14-20(28)3-8-23(16-28)38(36,37)26-17-31-33(2)32-26/h4-7,9-14,17,23H,3,8,15-16H2,1-2H3/t23-,28-/m0/s1. The van der Waals surface area contributed by atoms with E-state index in [-0.39, 0.29) is 23.0 Å². The highest BCUT2D eigenvalue weighted by Crippen LogP contribution is 2.52. The number of hydrogen-bond donors (Lipinski definition) is 0. The molecule has 6 rings (SSSR count). The van der Waals surface area contributed by atoms with Gasteiger partial charge in [-0.15, -0.1) is 5.10 Å². The smallest absolute Gasteiger partial charge is 0.201 e. The molecule has 0 amide bonds. The summed E-state index contributed by atoms with van der Waals surface area (Å²) in [5, 5.41) is 7.14. The molecule has 0 saturated heterocycles. The molecule has 0 bridgehead atoms. The molecule has 3 heterocycles. The molecule has 1 fully saturated rings. The van der Waals surface area contributed by atoms with Gasteiger partial charge in [0.05, 0.1) is 16.9 Å². The van der Waals surface area contributed by atoms with Gasteiger partial charge in [-0.1, -0.05) is 5.57 Å². The monoisotopic (exact) mass is 531 g/mol. The molecule has 2 aliphatic carbocycles. The quantitative estimate of drug-likeness (QED) is 0.357. The maximum atomic E-state index is 14.3. The summed E-state index contributed by atoms with van der Waals surface area (Å²) < 4.78 is 42.7. The molecule has 0 unspecified atom stereocenters. The van der Waals surface area contributed by atoms with Crippen LogP contribution in [-0.4, -0.2) is 44.0 Å². The fourth-order valence-corrected chi connectivity index (χ4v) is 7.50. The van der Waals surface area contributed by atoms with Gasteiger partial charge in [-0.2, -0.15) is 9.90 Å². The minimum atomic E-state index is -3.81. The van der Waals surface area contributed by atoms with E-state index in [0.717, 1.165) is 28.1 Å². The molecule has 1 aromatic carbocycles. The lowest BCUT2D eigenvalue weighted by Crippen LogP contribution is -2.46. The van der Waals surface area contributed by atoms with Crippen LogP contribution in [0.3, 0.4) is 0 Å². The van der Waals surface area contributed by atoms with Gasteiger partial charge in [0.1, 0.15) is 11.5 Å². The molecule has 2 atom stereocenters. The number of rotatable bonds is 5. The van der Waals surface area contributed by atoms with E-state index in [0.29, 0.717) is 25.0 Å². The van der Waals surface area contributed by atoms with E-state index in [1.807, 2.05) is 35.9 Å². The minimum Gasteiger partial charge on any atom is -0.317 e. The molecule has 0 spiro atoms. The number of halogens is 1. The Kier molecular flexibility index (Phi) is 5.68. The molecule has 38 heavy (non-hydrogen) atoms. The third-order valence-corrected chi connectivity index (χ3v) is 9.79. The van der Waals surface area contributed by atoms with Crippen molar-refractivity contribution in [2.75, 3.05) is 0 Å². The number of Topliss-reactive ketones (excluding diaryl/α,β-unsaturated/α-hetero) is 1. The molecule has 3 aromatic heterocycles. The summed E-state index contributed by atoms with van der Waals surface area (Å²) in [6, 6.07) is 11.8. The molecule has 0 radical (unpaired) electrons. The summed E-state index contributed by atoms with van der Waals surface area (Å²) in [7, 11) is -2.23. The van der Waals surface area contributed by atoms with Gasteiger partial charge >= 0.3 is 0 Å². The Labute approximate surface area is 219 Å². The number of aryl methyl sites for hydroxylation is 2. The van der Waals surface area contributed by atoms with Crippen LogP contribution in [0.5, 0.6) is 0 Å². The number of nitrogens with zero attached hydrogens (tertiary/aromatic N) is 5. The third kappa shape index (κ3) is 3.91. The predicted molar refractivity (Wildman–Crippen MR) is 139 cm³/mol. The average molecular weight is 532 g/mol. The number of carbonyl (C=O) groups excluding carboxylic acids is 1. The average Bonchev–Trinajstić information content (AvgIpc) is 3.53. The van der Waals surface area contributed by atoms with Crippen LogP contribution in [0.15, 0.2) is 71.7 Å². The first-order valence-electron chi connectivity index (χ1n) is 12.4. The molecule has 1 saturated carbocycles. The van der Waals surface area contributed by atoms with Crippen LogP contribution >= 0.6 is 0 Å². The number of pyridine rings is 1. The molecule has 10 heteroatoms. The van der Waals surface area contributed by atoms with Crippen molar-refractivity contribution in [1.82, 2.24) is 24.5 Å². The van der Waals surface area contributed by atoms with Gasteiger partial charge in [0.25, 0.3) is 0 Å². The van der Waals surface area contributed by atoms with Crippen molar-refractivity contribution in [3.63, 3.8) is 0 Å². The van der Waals surface area contributed by atoms with E-state index >= 15 is 0 Å². The Morgan fingerprint density at radius 1 is 1.16 bits per heavy atom. The maximum absolute atomic E-state index is 14.3. The van der Waals surface area contributed by atoms with Crippen LogP contribution in [-0.2, 0) is 23.3 Å². The molecular weight excluding hydrogens is 505 g/mol. The van der Waals surface area contributed by atoms with Crippen molar-refractivity contribution < 1.29 is 17.6 Å². The topological polar surface area (TPSA) is 99.7 Å². The highest BCUT2D eigenvalue weighted by molar-refractivity contribution is 7.92. The Balaban J connectivity index is 1.46. The van der Waals surface area contributed by atoms with Crippen LogP contribution in [0.2, 0.25) is 0 Å². The SMILES string of the molecule is Cc1ccnc(C(=O)[C@]23Cc4ccn(-c5ccc(F)cc5)c4C=C2CC[C@H](S(=O)(=O)c2cnn(C)n2)C3)c1. The third-order valence-electron chi connectivity index (χ3n) is 7.74. The number of allylic oxidation sites excluding steroid dienone is 1. The first-order valence-corrected chi connectivity index (χ1v) is 14.0. The Hall–Kier alpha value is -3.92. The van der Waals surface area contributed by atoms with E-state index < -0.39 is 20.5 Å². The van der Waals surface area contributed by atoms with Crippen molar-refractivity contribution in [1.29, 1.82) is 0 Å². The number of carbonyl (C=O) groups is 1. The van der Waals surface area contributed by atoms with Crippen molar-refractivity contribution in [2.24, 2.45) is 12.5 Å². The summed E-state index contributed by atoms with van der Waals surface area (Å²) >= 11 is 0. The van der Waals surface area contributed by atoms with E-state index in [4.69, 9.17) is 0 Å². The fourth-order valence-electron chi connectivity index (χ4n) is 5.80. The van der Waals surface area contributed by atoms with Crippen LogP contribution in [0.25, 0.3) is 11.8 Å². The summed E-state index contributed by atoms with van der Waals surface area (Å²) in [4.78, 5) is 19.9. The van der Waals surface area contributed by atoms with Crippen molar-refractivity contribution >= 4 is 21.7 Å². The van der Waals surface area contributed by atoms with Gasteiger partial charge in [-0.25, -0.2) is 12.8 Å². The van der Waals surface area contributed by atoms with Crippen LogP contribution in [0.4, 0.5) is 4.39 Å². The zero-order chi connectivity index (χ0) is 26.7. The molecule has 194 valence electrons. The minimum absolute atomic E-state index is 0.0762. The molecule has 2 aliphatic rings. The Bertz CT molecular complexity index is 1700. The number of ketones is 1. The zero-order valence-corrected chi connectivity index (χ0v) is 21.8. The van der Waals surface area contributed by atoms with Crippen molar-refractivity contribution in [3.05, 3.63) is 95.0 Å². The first kappa shape index (κ1) is 24.4. The summed E-state index contributed by atoms with van der Waals surface area (Å²) in [5.74, 6) is -0.488. The number of sulfone groups is 1. The normalized spacial score (nSPS) is 20.9. The lowest BCUT2D eigenvalue weighted by atomic mass is 9.61. The van der Waals surface area contributed by atoms with Gasteiger partial charge in [-0.05, 0) is 92.3 Å². The number of aromatic nitrogens is 5. The van der Waals surface area contributed by atoms with E-state index in [1.54, 1.807) is 31.4 Å². The van der Waals surface area contributed by atoms with E-state index in [1.165, 1.54) is 23.1 Å². The number of benzene rings is 1. The second-order valence-corrected chi connectivity index (χ2v) is 12.3. The van der Waals surface area contributed by atoms with Crippen molar-refractivity contribution in [3.8, 4) is 5.69 Å². The number of fused-ring (bicyclic) bond motifs is 2. The van der Waals surface area contributed by atoms with Gasteiger partial charge < -0.3 is 4.57 Å². The second kappa shape index (κ2) is 8.83. The summed E-state index contributed by atoms with van der Waals surface area (Å²) in [6.07, 6.45) is 8.09. The Morgan fingerprint density at radius 2 is 1.95 bits per heavy atom. The van der Waals surface area contributed by atoms with E-state index in [9.17, 15) is 17.6 Å². The van der Waals surface area contributed by atoms with Crippen LogP contribution in [0.1, 0.15) is 46.6 Å². The maximum Gasteiger partial charge on any atom is 0.201 e. The highest BCUT2D eigenvalue weighted by Gasteiger charge is 2.52. The largest absolute Gasteiger partial charge is 0.317 e. The van der Waals surface area contributed by atoms with Gasteiger partial charge in [-0.3, -0.25) is 9.78 Å². The molecule has 0 aliphatic heterocycles. The molecule has 8 nitrogen and oxygen atoms in total. The lowest BCUT2D eigenvalue weighted by molar-refractivity contribution is 0.0796. The van der Waals surface area contributed by atoms with E-state index in [2.05, 4.69) is 15.2 Å². The van der Waals surface area contributed by atoms with Crippen molar-refractivity contribution in [2.45, 2.75) is 42.9 Å². The number of hydrogen-bond acceptors (Lipinski definition) is 6. The Morgan fingerprint density at radius 3 is 2.66 bits per heavy atom. The summed E-state index contributed by atoms with van der Waals surface area (Å²) in [6.45, 7) is 1.90. The second-order valence-electron chi connectivity index (χ2n) is 10.1. The van der Waals surface area contributed by atoms with Gasteiger partial charge in [0.15, 0.2) is 10.8 Å². The molecular formula is C28H26FN5O3S. The van der Waals surface area contributed by atoms with Crippen LogP contribution < -0.4 is 0 Å². The molecule has 4 aromatic rings. The fraction of sp³-hybridized carbons (Fsp3) is 0.286.